The number of ether oxygens (including phenoxy) is 1. The van der Waals surface area contributed by atoms with E-state index in [4.69, 9.17) is 21.4 Å². The molecule has 6 rings (SSSR count). The molecule has 2 aliphatic carbocycles. The first kappa shape index (κ1) is 34.9. The number of morpholine rings is 1. The molecule has 2 unspecified atom stereocenters. The van der Waals surface area contributed by atoms with E-state index in [1.165, 1.54) is 24.7 Å². The maximum atomic E-state index is 13.0. The summed E-state index contributed by atoms with van der Waals surface area (Å²) in [6.45, 7) is 9.74. The fourth-order valence-corrected chi connectivity index (χ4v) is 7.74. The highest BCUT2D eigenvalue weighted by molar-refractivity contribution is 7.19. The zero-order valence-electron chi connectivity index (χ0n) is 28.0. The van der Waals surface area contributed by atoms with Crippen molar-refractivity contribution in [2.75, 3.05) is 25.5 Å². The summed E-state index contributed by atoms with van der Waals surface area (Å²) in [4.78, 5) is 34.6. The molecular formula is C35H46ClN7O3S. The highest BCUT2D eigenvalue weighted by atomic mass is 35.5. The van der Waals surface area contributed by atoms with Gasteiger partial charge < -0.3 is 20.7 Å². The molecule has 0 radical (unpaired) electrons. The molecule has 0 spiro atoms. The van der Waals surface area contributed by atoms with Gasteiger partial charge in [0.1, 0.15) is 0 Å². The van der Waals surface area contributed by atoms with Crippen LogP contribution in [0.4, 0.5) is 5.13 Å². The van der Waals surface area contributed by atoms with Gasteiger partial charge >= 0.3 is 0 Å². The minimum Gasteiger partial charge on any atom is -0.373 e. The molecule has 2 aromatic heterocycles. The number of amides is 2. The minimum atomic E-state index is -0.159. The smallest absolute Gasteiger partial charge is 0.251 e. The van der Waals surface area contributed by atoms with Crippen LogP contribution in [0.1, 0.15) is 93.5 Å². The molecule has 1 saturated carbocycles. The third-order valence-electron chi connectivity index (χ3n) is 8.46. The molecule has 252 valence electrons. The van der Waals surface area contributed by atoms with Gasteiger partial charge in [-0.2, -0.15) is 5.10 Å². The van der Waals surface area contributed by atoms with Gasteiger partial charge in [-0.15, -0.1) is 0 Å². The second-order valence-electron chi connectivity index (χ2n) is 12.4. The zero-order chi connectivity index (χ0) is 33.5. The Morgan fingerprint density at radius 2 is 1.91 bits per heavy atom. The monoisotopic (exact) mass is 679 g/mol. The van der Waals surface area contributed by atoms with Crippen LogP contribution in [0.25, 0.3) is 21.8 Å². The number of rotatable bonds is 7. The summed E-state index contributed by atoms with van der Waals surface area (Å²) in [5.74, 6) is -0.261. The van der Waals surface area contributed by atoms with Crippen molar-refractivity contribution in [3.63, 3.8) is 0 Å². The Kier molecular flexibility index (Phi) is 12.0. The number of thiazole rings is 1. The number of aryl methyl sites for hydroxylation is 1. The number of halogens is 1. The van der Waals surface area contributed by atoms with Crippen molar-refractivity contribution in [2.45, 2.75) is 97.3 Å². The molecule has 47 heavy (non-hydrogen) atoms. The number of benzene rings is 1. The van der Waals surface area contributed by atoms with Gasteiger partial charge in [-0.3, -0.25) is 14.6 Å². The maximum absolute atomic E-state index is 13.0. The van der Waals surface area contributed by atoms with Crippen LogP contribution in [0.5, 0.6) is 0 Å². The summed E-state index contributed by atoms with van der Waals surface area (Å²) in [5.41, 5.74) is 5.95. The van der Waals surface area contributed by atoms with Crippen LogP contribution in [0.2, 0.25) is 5.02 Å². The number of aliphatic imine (C=N–C) groups is 1. The molecule has 1 aromatic carbocycles. The lowest BCUT2D eigenvalue weighted by molar-refractivity contribution is -0.114. The average molecular weight is 680 g/mol. The summed E-state index contributed by atoms with van der Waals surface area (Å²) in [6.07, 6.45) is 12.7. The normalized spacial score (nSPS) is 19.8. The number of anilines is 1. The van der Waals surface area contributed by atoms with Gasteiger partial charge in [0, 0.05) is 56.0 Å². The number of allylic oxidation sites excluding steroid dienone is 2. The minimum absolute atomic E-state index is 0.101. The highest BCUT2D eigenvalue weighted by Gasteiger charge is 2.31. The van der Waals surface area contributed by atoms with E-state index in [1.807, 2.05) is 23.0 Å². The third-order valence-corrected chi connectivity index (χ3v) is 9.79. The Bertz CT molecular complexity index is 1630. The predicted octanol–water partition coefficient (Wildman–Crippen LogP) is 6.65. The van der Waals surface area contributed by atoms with E-state index in [1.54, 1.807) is 13.1 Å². The van der Waals surface area contributed by atoms with E-state index in [0.29, 0.717) is 33.6 Å². The lowest BCUT2D eigenvalue weighted by atomic mass is 9.94. The van der Waals surface area contributed by atoms with E-state index in [-0.39, 0.29) is 17.9 Å². The second-order valence-corrected chi connectivity index (χ2v) is 13.8. The van der Waals surface area contributed by atoms with E-state index < -0.39 is 0 Å². The number of nitrogens with one attached hydrogen (secondary N) is 3. The van der Waals surface area contributed by atoms with Crippen LogP contribution in [0.15, 0.2) is 29.3 Å². The van der Waals surface area contributed by atoms with Crippen molar-refractivity contribution >= 4 is 51.7 Å². The number of nitrogens with zero attached hydrogens (tertiary/aromatic N) is 4. The highest BCUT2D eigenvalue weighted by Crippen LogP contribution is 2.44. The van der Waals surface area contributed by atoms with Crippen LogP contribution >= 0.6 is 22.9 Å². The molecule has 3 aromatic rings. The fraction of sp³-hybridized carbons (Fsp3) is 0.514. The molecule has 3 heterocycles. The number of carbonyl (C=O) groups is 2. The van der Waals surface area contributed by atoms with Crippen LogP contribution < -0.4 is 16.0 Å². The van der Waals surface area contributed by atoms with Gasteiger partial charge in [0.15, 0.2) is 5.13 Å². The Hall–Kier alpha value is -3.38. The van der Waals surface area contributed by atoms with Gasteiger partial charge in [-0.1, -0.05) is 55.2 Å². The molecule has 10 nitrogen and oxygen atoms in total. The summed E-state index contributed by atoms with van der Waals surface area (Å²) >= 11 is 8.29. The number of hydrogen-bond acceptors (Lipinski definition) is 8. The quantitative estimate of drug-likeness (QED) is 0.241. The molecule has 1 saturated heterocycles. The fourth-order valence-electron chi connectivity index (χ4n) is 6.37. The van der Waals surface area contributed by atoms with Crippen molar-refractivity contribution in [3.05, 3.63) is 51.8 Å². The van der Waals surface area contributed by atoms with E-state index in [2.05, 4.69) is 52.8 Å². The van der Waals surface area contributed by atoms with E-state index in [0.717, 1.165) is 91.1 Å². The Morgan fingerprint density at radius 3 is 2.53 bits per heavy atom. The van der Waals surface area contributed by atoms with Crippen LogP contribution in [0, 0.1) is 0 Å². The first-order chi connectivity index (χ1) is 22.7. The first-order valence-electron chi connectivity index (χ1n) is 16.7. The Labute approximate surface area is 286 Å². The third kappa shape index (κ3) is 8.56. The van der Waals surface area contributed by atoms with Gasteiger partial charge in [-0.25, -0.2) is 9.67 Å². The van der Waals surface area contributed by atoms with Crippen molar-refractivity contribution < 1.29 is 14.3 Å². The summed E-state index contributed by atoms with van der Waals surface area (Å²) in [5, 5.41) is 15.3. The Morgan fingerprint density at radius 1 is 1.17 bits per heavy atom. The Balaban J connectivity index is 0.000000474. The molecule has 1 aliphatic heterocycles. The molecule has 3 aliphatic rings. The van der Waals surface area contributed by atoms with Crippen LogP contribution in [0.3, 0.4) is 0 Å². The largest absolute Gasteiger partial charge is 0.373 e. The maximum Gasteiger partial charge on any atom is 0.251 e. The van der Waals surface area contributed by atoms with E-state index >= 15 is 0 Å². The SMILES string of the molecule is CC/C=C(\C=NC)c1nn(-c2ccc(C(=O)NC3CCCCC3)cc2Cl)c2c1CCc1nc(NC(C)=O)sc1-2.CC1CNCC(C)O1. The molecule has 12 heteroatoms. The summed E-state index contributed by atoms with van der Waals surface area (Å²) < 4.78 is 7.28. The number of fused-ring (bicyclic) bond motifs is 3. The molecule has 2 atom stereocenters. The summed E-state index contributed by atoms with van der Waals surface area (Å²) in [7, 11) is 1.75. The molecule has 3 N–H and O–H groups in total. The van der Waals surface area contributed by atoms with E-state index in [9.17, 15) is 9.59 Å². The van der Waals surface area contributed by atoms with Crippen molar-refractivity contribution in [2.24, 2.45) is 4.99 Å². The predicted molar refractivity (Wildman–Crippen MR) is 191 cm³/mol. The summed E-state index contributed by atoms with van der Waals surface area (Å²) in [6, 6.07) is 5.61. The molecular weight excluding hydrogens is 634 g/mol. The number of carbonyl (C=O) groups excluding carboxylic acids is 2. The molecule has 2 amide bonds. The average Bonchev–Trinajstić information content (AvgIpc) is 3.62. The van der Waals surface area contributed by atoms with Gasteiger partial charge in [-0.05, 0) is 64.2 Å². The molecule has 0 bridgehead atoms. The first-order valence-corrected chi connectivity index (χ1v) is 17.9. The van der Waals surface area contributed by atoms with Crippen LogP contribution in [-0.2, 0) is 22.4 Å². The van der Waals surface area contributed by atoms with Crippen molar-refractivity contribution in [3.8, 4) is 16.3 Å². The van der Waals surface area contributed by atoms with Gasteiger partial charge in [0.25, 0.3) is 5.91 Å². The van der Waals surface area contributed by atoms with Crippen molar-refractivity contribution in [1.82, 2.24) is 25.4 Å². The van der Waals surface area contributed by atoms with Gasteiger partial charge in [0.2, 0.25) is 5.91 Å². The second kappa shape index (κ2) is 16.1. The topological polar surface area (TPSA) is 123 Å². The number of aromatic nitrogens is 3. The zero-order valence-corrected chi connectivity index (χ0v) is 29.6. The van der Waals surface area contributed by atoms with Crippen molar-refractivity contribution in [1.29, 1.82) is 0 Å². The van der Waals surface area contributed by atoms with Crippen LogP contribution in [-0.4, -0.2) is 71.2 Å². The lowest BCUT2D eigenvalue weighted by Gasteiger charge is -2.25. The lowest BCUT2D eigenvalue weighted by Crippen LogP contribution is -2.41. The van der Waals surface area contributed by atoms with Gasteiger partial charge in [0.05, 0.1) is 44.9 Å². The number of hydrogen-bond donors (Lipinski definition) is 3. The molecule has 2 fully saturated rings. The standard InChI is InChI=1S/C29H33ClN6O2S.C6H13NO/c1-4-8-19(16-31-3)25-21-12-13-23-27(39-29(34-23)32-17(2)37)26(21)36(35-25)24-14-11-18(15-22(24)30)28(38)33-20-9-6-5-7-10-20;1-5-3-7-4-6(2)8-5/h8,11,14-16,20H,4-7,9-10,12-13H2,1-3H3,(H,33,38)(H,32,34,37);5-7H,3-4H2,1-2H3/b19-8+,31-16?;.